The maximum Gasteiger partial charge on any atom is 0.308 e. The van der Waals surface area contributed by atoms with Crippen molar-refractivity contribution >= 4 is 17.6 Å². The Morgan fingerprint density at radius 1 is 1.22 bits per heavy atom. The summed E-state index contributed by atoms with van der Waals surface area (Å²) in [7, 11) is 3.51. The second kappa shape index (κ2) is 13.1. The van der Waals surface area contributed by atoms with Crippen LogP contribution in [0.25, 0.3) is 0 Å². The predicted octanol–water partition coefficient (Wildman–Crippen LogP) is 4.77. The van der Waals surface area contributed by atoms with E-state index in [4.69, 9.17) is 14.2 Å². The van der Waals surface area contributed by atoms with Crippen LogP contribution in [0, 0.1) is 11.3 Å². The van der Waals surface area contributed by atoms with Crippen LogP contribution in [-0.2, 0) is 16.6 Å². The van der Waals surface area contributed by atoms with E-state index in [1.54, 1.807) is 7.11 Å². The molecule has 1 N–H and O–H groups in total. The van der Waals surface area contributed by atoms with Crippen molar-refractivity contribution in [3.63, 3.8) is 0 Å². The molecule has 2 aliphatic heterocycles. The molecule has 2 aromatic rings. The van der Waals surface area contributed by atoms with Gasteiger partial charge in [0.2, 0.25) is 18.4 Å². The van der Waals surface area contributed by atoms with Crippen LogP contribution in [-0.4, -0.2) is 61.5 Å². The van der Waals surface area contributed by atoms with Crippen LogP contribution in [0.4, 0.5) is 5.69 Å². The molecule has 1 aromatic heterocycles. The molecule has 3 atom stereocenters. The number of fused-ring (bicyclic) bond motifs is 1. The second-order valence-corrected chi connectivity index (χ2v) is 12.2. The molecule has 41 heavy (non-hydrogen) atoms. The van der Waals surface area contributed by atoms with Gasteiger partial charge in [-0.05, 0) is 48.4 Å². The molecular formula is C32H46N3O6+. The summed E-state index contributed by atoms with van der Waals surface area (Å²) in [5.74, 6) is -0.278. The molecule has 0 bridgehead atoms. The van der Waals surface area contributed by atoms with Crippen LogP contribution in [0.5, 0.6) is 17.2 Å². The highest BCUT2D eigenvalue weighted by Crippen LogP contribution is 2.48. The third kappa shape index (κ3) is 6.94. The van der Waals surface area contributed by atoms with Crippen molar-refractivity contribution in [2.24, 2.45) is 18.4 Å². The molecule has 1 saturated heterocycles. The minimum absolute atomic E-state index is 0.0176. The smallest absolute Gasteiger partial charge is 0.308 e. The Morgan fingerprint density at radius 3 is 2.66 bits per heavy atom. The van der Waals surface area contributed by atoms with Crippen LogP contribution in [0.15, 0.2) is 36.7 Å². The van der Waals surface area contributed by atoms with E-state index < -0.39 is 11.9 Å². The first-order valence-electron chi connectivity index (χ1n) is 14.8. The van der Waals surface area contributed by atoms with Gasteiger partial charge in [-0.1, -0.05) is 40.5 Å². The number of methoxy groups -OCH3 is 1. The molecule has 0 aliphatic carbocycles. The summed E-state index contributed by atoms with van der Waals surface area (Å²) in [6, 6.07) is 7.34. The van der Waals surface area contributed by atoms with Gasteiger partial charge in [-0.15, -0.1) is 0 Å². The molecular weight excluding hydrogens is 522 g/mol. The van der Waals surface area contributed by atoms with E-state index in [1.165, 1.54) is 0 Å². The molecule has 0 unspecified atom stereocenters. The van der Waals surface area contributed by atoms with Gasteiger partial charge in [-0.25, -0.2) is 4.57 Å². The number of amides is 1. The number of rotatable bonds is 13. The van der Waals surface area contributed by atoms with Crippen molar-refractivity contribution in [1.82, 2.24) is 4.90 Å². The number of hydrogen-bond acceptors (Lipinski definition) is 6. The van der Waals surface area contributed by atoms with Gasteiger partial charge < -0.3 is 24.2 Å². The summed E-state index contributed by atoms with van der Waals surface area (Å²) < 4.78 is 18.8. The number of anilines is 1. The fourth-order valence-corrected chi connectivity index (χ4v) is 6.50. The van der Waals surface area contributed by atoms with Crippen LogP contribution in [0.1, 0.15) is 71.3 Å². The number of likely N-dealkylation sites (tertiary alicyclic amines) is 1. The fourth-order valence-electron chi connectivity index (χ4n) is 6.50. The van der Waals surface area contributed by atoms with E-state index in [0.29, 0.717) is 36.8 Å². The molecule has 1 fully saturated rings. The average Bonchev–Trinajstić information content (AvgIpc) is 3.53. The summed E-state index contributed by atoms with van der Waals surface area (Å²) in [6.07, 6.45) is 8.42. The van der Waals surface area contributed by atoms with Crippen LogP contribution in [0.2, 0.25) is 0 Å². The normalized spacial score (nSPS) is 20.3. The lowest BCUT2D eigenvalue weighted by Gasteiger charge is -2.35. The van der Waals surface area contributed by atoms with E-state index >= 15 is 0 Å². The number of aryl methyl sites for hydroxylation is 1. The lowest BCUT2D eigenvalue weighted by Crippen LogP contribution is -2.46. The van der Waals surface area contributed by atoms with Gasteiger partial charge in [0.25, 0.3) is 0 Å². The molecule has 4 rings (SSSR count). The number of benzene rings is 1. The Labute approximate surface area is 244 Å². The first-order chi connectivity index (χ1) is 19.6. The monoisotopic (exact) mass is 568 g/mol. The minimum Gasteiger partial charge on any atom is -0.493 e. The van der Waals surface area contributed by atoms with E-state index in [-0.39, 0.29) is 36.6 Å². The largest absolute Gasteiger partial charge is 0.493 e. The number of aromatic nitrogens is 1. The first-order valence-corrected chi connectivity index (χ1v) is 14.8. The summed E-state index contributed by atoms with van der Waals surface area (Å²) in [5.41, 5.74) is 1.59. The van der Waals surface area contributed by atoms with Crippen molar-refractivity contribution in [3.05, 3.63) is 42.2 Å². The van der Waals surface area contributed by atoms with Crippen molar-refractivity contribution < 1.29 is 33.5 Å². The molecule has 1 amide bonds. The summed E-state index contributed by atoms with van der Waals surface area (Å²) >= 11 is 0. The lowest BCUT2D eigenvalue weighted by molar-refractivity contribution is -0.670. The highest BCUT2D eigenvalue weighted by Gasteiger charge is 2.49. The Hall–Kier alpha value is -3.33. The molecule has 2 aliphatic rings. The van der Waals surface area contributed by atoms with Crippen molar-refractivity contribution in [2.45, 2.75) is 71.8 Å². The number of carbonyl (C=O) groups is 2. The van der Waals surface area contributed by atoms with Gasteiger partial charge in [0, 0.05) is 31.1 Å². The lowest BCUT2D eigenvalue weighted by atomic mass is 9.76. The van der Waals surface area contributed by atoms with Gasteiger partial charge >= 0.3 is 5.97 Å². The van der Waals surface area contributed by atoms with Crippen molar-refractivity contribution in [2.75, 3.05) is 38.4 Å². The maximum atomic E-state index is 14.0. The van der Waals surface area contributed by atoms with Crippen molar-refractivity contribution in [1.29, 1.82) is 0 Å². The minimum atomic E-state index is -0.850. The summed E-state index contributed by atoms with van der Waals surface area (Å²) in [6.45, 7) is 9.97. The maximum absolute atomic E-state index is 14.0. The number of aliphatic carboxylic acids is 1. The number of unbranched alkanes of at least 4 members (excludes halogenated alkanes) is 1. The molecule has 0 spiro atoms. The predicted molar refractivity (Wildman–Crippen MR) is 157 cm³/mol. The van der Waals surface area contributed by atoms with Gasteiger partial charge in [-0.2, -0.15) is 0 Å². The highest BCUT2D eigenvalue weighted by molar-refractivity contribution is 5.94. The Morgan fingerprint density at radius 2 is 2.00 bits per heavy atom. The van der Waals surface area contributed by atoms with Crippen LogP contribution >= 0.6 is 0 Å². The highest BCUT2D eigenvalue weighted by atomic mass is 16.7. The topological polar surface area (TPSA) is 92.4 Å². The number of carboxylic acid groups (broad SMARTS) is 1. The third-order valence-corrected chi connectivity index (χ3v) is 8.44. The van der Waals surface area contributed by atoms with E-state index in [0.717, 1.165) is 36.9 Å². The molecule has 3 heterocycles. The first kappa shape index (κ1) is 30.6. The number of carbonyl (C=O) groups excluding carboxylic acids is 1. The fraction of sp³-hybridized carbons (Fsp3) is 0.594. The zero-order valence-electron chi connectivity index (χ0n) is 25.4. The number of nitrogens with zero attached hydrogens (tertiary/aromatic N) is 3. The van der Waals surface area contributed by atoms with E-state index in [1.807, 2.05) is 53.2 Å². The van der Waals surface area contributed by atoms with Gasteiger partial charge in [0.05, 0.1) is 19.6 Å². The molecule has 0 saturated carbocycles. The number of hydrogen-bond donors (Lipinski definition) is 1. The Kier molecular flexibility index (Phi) is 9.79. The summed E-state index contributed by atoms with van der Waals surface area (Å²) in [5, 5.41) is 10.6. The second-order valence-electron chi connectivity index (χ2n) is 12.2. The molecule has 224 valence electrons. The van der Waals surface area contributed by atoms with E-state index in [9.17, 15) is 14.7 Å². The summed E-state index contributed by atoms with van der Waals surface area (Å²) in [4.78, 5) is 30.9. The average molecular weight is 569 g/mol. The van der Waals surface area contributed by atoms with Gasteiger partial charge in [0.15, 0.2) is 23.9 Å². The van der Waals surface area contributed by atoms with Gasteiger partial charge in [-0.3, -0.25) is 14.5 Å². The number of ether oxygens (including phenoxy) is 3. The Balaban J connectivity index is 1.71. The standard InChI is InChI=1S/C32H45N3O6/c1-7-9-14-35(23-11-10-13-33(5)18-23)28(36)20-34-19-24(22-15-26(39-6)30-27(16-22)40-21-41-30)29(31(37)38)25(34)17-32(3,4)12-8-2/h10-11,13,15-16,18,24-25,29H,7-9,12,14,17,19-21H2,1-6H3/p+1/t24-,25+,29-/m1/s1. The van der Waals surface area contributed by atoms with E-state index in [2.05, 4.69) is 32.6 Å². The molecule has 9 heteroatoms. The zero-order chi connectivity index (χ0) is 29.7. The Bertz CT molecular complexity index is 1230. The third-order valence-electron chi connectivity index (χ3n) is 8.44. The molecule has 9 nitrogen and oxygen atoms in total. The number of carboxylic acids is 1. The van der Waals surface area contributed by atoms with Gasteiger partial charge in [0.1, 0.15) is 12.7 Å². The zero-order valence-corrected chi connectivity index (χ0v) is 25.4. The quantitative estimate of drug-likeness (QED) is 0.348. The number of pyridine rings is 1. The van der Waals surface area contributed by atoms with Crippen LogP contribution < -0.4 is 23.7 Å². The van der Waals surface area contributed by atoms with Crippen LogP contribution in [0.3, 0.4) is 0 Å². The SMILES string of the molecule is CCCCN(C(=O)CN1C[C@H](c2cc(OC)c3c(c2)OCO3)[C@@H](C(=O)O)[C@@H]1CC(C)(C)CCC)c1ccc[n+](C)c1. The van der Waals surface area contributed by atoms with Crippen molar-refractivity contribution in [3.8, 4) is 17.2 Å². The molecule has 1 aromatic carbocycles. The molecule has 0 radical (unpaired) electrons.